The van der Waals surface area contributed by atoms with Gasteiger partial charge in [0.15, 0.2) is 6.10 Å². The molecule has 0 aromatic carbocycles. The lowest BCUT2D eigenvalue weighted by atomic mass is 10.1. The SMILES string of the molecule is COc1ccnc(OC)c1C(O)C(=O)O. The summed E-state index contributed by atoms with van der Waals surface area (Å²) in [6.07, 6.45) is -0.320. The Morgan fingerprint density at radius 3 is 2.60 bits per heavy atom. The summed E-state index contributed by atoms with van der Waals surface area (Å²) >= 11 is 0. The second kappa shape index (κ2) is 4.61. The number of methoxy groups -OCH3 is 2. The number of rotatable bonds is 4. The van der Waals surface area contributed by atoms with Gasteiger partial charge < -0.3 is 19.7 Å². The molecule has 0 saturated carbocycles. The van der Waals surface area contributed by atoms with Crippen molar-refractivity contribution in [3.05, 3.63) is 17.8 Å². The fourth-order valence-electron chi connectivity index (χ4n) is 1.15. The van der Waals surface area contributed by atoms with Crippen molar-refractivity contribution in [2.45, 2.75) is 6.10 Å². The highest BCUT2D eigenvalue weighted by Crippen LogP contribution is 2.31. The smallest absolute Gasteiger partial charge is 0.337 e. The second-order valence-corrected chi connectivity index (χ2v) is 2.68. The molecule has 2 N–H and O–H groups in total. The quantitative estimate of drug-likeness (QED) is 0.743. The van der Waals surface area contributed by atoms with Crippen LogP contribution < -0.4 is 9.47 Å². The lowest BCUT2D eigenvalue weighted by molar-refractivity contribution is -0.147. The van der Waals surface area contributed by atoms with E-state index in [1.807, 2.05) is 0 Å². The molecule has 1 unspecified atom stereocenters. The molecule has 1 rings (SSSR count). The lowest BCUT2D eigenvalue weighted by Gasteiger charge is -2.13. The van der Waals surface area contributed by atoms with Crippen LogP contribution >= 0.6 is 0 Å². The Bertz CT molecular complexity index is 343. The number of carbonyl (C=O) groups is 1. The Hall–Kier alpha value is -1.82. The van der Waals surface area contributed by atoms with Gasteiger partial charge in [0, 0.05) is 6.20 Å². The number of nitrogens with zero attached hydrogens (tertiary/aromatic N) is 1. The first-order valence-corrected chi connectivity index (χ1v) is 4.09. The maximum Gasteiger partial charge on any atom is 0.337 e. The molecule has 6 nitrogen and oxygen atoms in total. The van der Waals surface area contributed by atoms with Crippen molar-refractivity contribution in [1.82, 2.24) is 4.98 Å². The average molecular weight is 213 g/mol. The van der Waals surface area contributed by atoms with Crippen molar-refractivity contribution in [2.24, 2.45) is 0 Å². The van der Waals surface area contributed by atoms with E-state index in [-0.39, 0.29) is 17.2 Å². The van der Waals surface area contributed by atoms with Gasteiger partial charge in [0.1, 0.15) is 5.75 Å². The van der Waals surface area contributed by atoms with Crippen molar-refractivity contribution in [3.8, 4) is 11.6 Å². The second-order valence-electron chi connectivity index (χ2n) is 2.68. The molecule has 82 valence electrons. The molecule has 0 bridgehead atoms. The molecule has 0 aliphatic carbocycles. The molecule has 1 aromatic heterocycles. The Morgan fingerprint density at radius 1 is 1.47 bits per heavy atom. The minimum Gasteiger partial charge on any atom is -0.496 e. The van der Waals surface area contributed by atoms with Gasteiger partial charge in [-0.15, -0.1) is 0 Å². The zero-order valence-corrected chi connectivity index (χ0v) is 8.30. The number of aromatic nitrogens is 1. The number of hydrogen-bond acceptors (Lipinski definition) is 5. The number of hydrogen-bond donors (Lipinski definition) is 2. The lowest BCUT2D eigenvalue weighted by Crippen LogP contribution is -2.13. The van der Waals surface area contributed by atoms with Crippen molar-refractivity contribution >= 4 is 5.97 Å². The third-order valence-electron chi connectivity index (χ3n) is 1.83. The molecule has 0 fully saturated rings. The molecule has 1 atom stereocenters. The first-order chi connectivity index (χ1) is 7.11. The average Bonchev–Trinajstić information content (AvgIpc) is 2.26. The van der Waals surface area contributed by atoms with E-state index in [2.05, 4.69) is 4.98 Å². The van der Waals surface area contributed by atoms with Gasteiger partial charge in [0.05, 0.1) is 19.8 Å². The Kier molecular flexibility index (Phi) is 3.46. The van der Waals surface area contributed by atoms with Crippen LogP contribution in [-0.4, -0.2) is 35.4 Å². The minimum atomic E-state index is -1.72. The van der Waals surface area contributed by atoms with E-state index in [0.717, 1.165) is 0 Å². The van der Waals surface area contributed by atoms with Crippen molar-refractivity contribution < 1.29 is 24.5 Å². The fourth-order valence-corrected chi connectivity index (χ4v) is 1.15. The molecule has 0 spiro atoms. The number of aliphatic hydroxyl groups excluding tert-OH is 1. The normalized spacial score (nSPS) is 11.9. The van der Waals surface area contributed by atoms with Gasteiger partial charge in [-0.1, -0.05) is 0 Å². The van der Waals surface area contributed by atoms with Crippen molar-refractivity contribution in [1.29, 1.82) is 0 Å². The van der Waals surface area contributed by atoms with E-state index < -0.39 is 12.1 Å². The van der Waals surface area contributed by atoms with Crippen LogP contribution in [0.4, 0.5) is 0 Å². The summed E-state index contributed by atoms with van der Waals surface area (Å²) in [5, 5.41) is 18.1. The van der Waals surface area contributed by atoms with E-state index in [1.165, 1.54) is 26.5 Å². The highest BCUT2D eigenvalue weighted by atomic mass is 16.5. The van der Waals surface area contributed by atoms with Crippen LogP contribution in [0, 0.1) is 0 Å². The van der Waals surface area contributed by atoms with Gasteiger partial charge in [-0.3, -0.25) is 0 Å². The zero-order chi connectivity index (χ0) is 11.4. The summed E-state index contributed by atoms with van der Waals surface area (Å²) in [5.41, 5.74) is 0.00926. The number of carboxylic acids is 1. The van der Waals surface area contributed by atoms with Crippen LogP contribution in [0.2, 0.25) is 0 Å². The van der Waals surface area contributed by atoms with E-state index in [0.29, 0.717) is 0 Å². The maximum atomic E-state index is 10.6. The highest BCUT2D eigenvalue weighted by Gasteiger charge is 2.25. The van der Waals surface area contributed by atoms with Crippen LogP contribution in [0.15, 0.2) is 12.3 Å². The van der Waals surface area contributed by atoms with E-state index in [4.69, 9.17) is 14.6 Å². The van der Waals surface area contributed by atoms with Crippen LogP contribution in [0.3, 0.4) is 0 Å². The molecular formula is C9H11NO5. The first-order valence-electron chi connectivity index (χ1n) is 4.09. The third kappa shape index (κ3) is 2.16. The topological polar surface area (TPSA) is 88.9 Å². The molecular weight excluding hydrogens is 202 g/mol. The number of ether oxygens (including phenoxy) is 2. The molecule has 0 aliphatic heterocycles. The van der Waals surface area contributed by atoms with Gasteiger partial charge in [0.25, 0.3) is 0 Å². The van der Waals surface area contributed by atoms with E-state index in [9.17, 15) is 9.90 Å². The summed E-state index contributed by atoms with van der Waals surface area (Å²) in [7, 11) is 2.70. The molecule has 0 saturated heterocycles. The predicted octanol–water partition coefficient (Wildman–Crippen LogP) is 0.217. The Morgan fingerprint density at radius 2 is 2.13 bits per heavy atom. The van der Waals surface area contributed by atoms with Crippen LogP contribution in [0.5, 0.6) is 11.6 Å². The monoisotopic (exact) mass is 213 g/mol. The number of aliphatic carboxylic acids is 1. The predicted molar refractivity (Wildman–Crippen MR) is 49.9 cm³/mol. The Balaban J connectivity index is 3.27. The van der Waals surface area contributed by atoms with Gasteiger partial charge in [-0.05, 0) is 6.07 Å². The van der Waals surface area contributed by atoms with Crippen LogP contribution in [0.25, 0.3) is 0 Å². The molecule has 1 heterocycles. The maximum absolute atomic E-state index is 10.6. The molecule has 1 aromatic rings. The summed E-state index contributed by atoms with van der Waals surface area (Å²) < 4.78 is 9.76. The highest BCUT2D eigenvalue weighted by molar-refractivity contribution is 5.76. The van der Waals surface area contributed by atoms with E-state index in [1.54, 1.807) is 0 Å². The third-order valence-corrected chi connectivity index (χ3v) is 1.83. The summed E-state index contributed by atoms with van der Waals surface area (Å²) in [6.45, 7) is 0. The Labute approximate surface area is 86.1 Å². The molecule has 0 aliphatic rings. The number of aliphatic hydroxyl groups is 1. The molecule has 15 heavy (non-hydrogen) atoms. The molecule has 0 radical (unpaired) electrons. The van der Waals surface area contributed by atoms with Gasteiger partial charge >= 0.3 is 5.97 Å². The summed E-state index contributed by atoms with van der Waals surface area (Å²) in [4.78, 5) is 14.4. The largest absolute Gasteiger partial charge is 0.496 e. The minimum absolute atomic E-state index is 0.00926. The number of pyridine rings is 1. The zero-order valence-electron chi connectivity index (χ0n) is 8.30. The van der Waals surface area contributed by atoms with Gasteiger partial charge in [0.2, 0.25) is 5.88 Å². The first kappa shape index (κ1) is 11.3. The van der Waals surface area contributed by atoms with Gasteiger partial charge in [-0.2, -0.15) is 0 Å². The summed E-state index contributed by atoms with van der Waals surface area (Å²) in [6, 6.07) is 1.45. The van der Waals surface area contributed by atoms with Crippen molar-refractivity contribution in [2.75, 3.05) is 14.2 Å². The standard InChI is InChI=1S/C9H11NO5/c1-14-5-3-4-10-8(15-2)6(5)7(11)9(12)13/h3-4,7,11H,1-2H3,(H,12,13). The van der Waals surface area contributed by atoms with Crippen molar-refractivity contribution in [3.63, 3.8) is 0 Å². The van der Waals surface area contributed by atoms with Crippen LogP contribution in [0.1, 0.15) is 11.7 Å². The van der Waals surface area contributed by atoms with Crippen LogP contribution in [-0.2, 0) is 4.79 Å². The molecule has 0 amide bonds. The summed E-state index contributed by atoms with van der Waals surface area (Å²) in [5.74, 6) is -1.14. The van der Waals surface area contributed by atoms with Gasteiger partial charge in [-0.25, -0.2) is 9.78 Å². The number of carboxylic acid groups (broad SMARTS) is 1. The fraction of sp³-hybridized carbons (Fsp3) is 0.333. The van der Waals surface area contributed by atoms with E-state index >= 15 is 0 Å². The molecule has 6 heteroatoms.